The first-order valence-corrected chi connectivity index (χ1v) is 11.5. The highest BCUT2D eigenvalue weighted by Gasteiger charge is 2.20. The first-order valence-electron chi connectivity index (χ1n) is 11.1. The van der Waals surface area contributed by atoms with Gasteiger partial charge < -0.3 is 19.9 Å². The summed E-state index contributed by atoms with van der Waals surface area (Å²) in [5.41, 5.74) is 2.76. The molecule has 4 rings (SSSR count). The summed E-state index contributed by atoms with van der Waals surface area (Å²) >= 11 is 6.04. The van der Waals surface area contributed by atoms with Crippen LogP contribution in [0.2, 0.25) is 5.02 Å². The molecule has 1 heterocycles. The fourth-order valence-electron chi connectivity index (χ4n) is 3.68. The van der Waals surface area contributed by atoms with Gasteiger partial charge >= 0.3 is 0 Å². The topological polar surface area (TPSA) is 61.9 Å². The third-order valence-corrected chi connectivity index (χ3v) is 5.83. The lowest BCUT2D eigenvalue weighted by Gasteiger charge is -2.35. The lowest BCUT2D eigenvalue weighted by Crippen LogP contribution is -2.48. The highest BCUT2D eigenvalue weighted by molar-refractivity contribution is 6.32. The lowest BCUT2D eigenvalue weighted by molar-refractivity contribution is -0.126. The predicted octanol–water partition coefficient (Wildman–Crippen LogP) is 4.72. The third-order valence-electron chi connectivity index (χ3n) is 5.52. The maximum atomic E-state index is 12.5. The zero-order chi connectivity index (χ0) is 23.8. The van der Waals surface area contributed by atoms with Crippen molar-refractivity contribution in [2.75, 3.05) is 43.0 Å². The van der Waals surface area contributed by atoms with Gasteiger partial charge in [0.05, 0.1) is 5.02 Å². The van der Waals surface area contributed by atoms with Crippen LogP contribution in [-0.2, 0) is 9.59 Å². The fraction of sp³-hybridized carbons (Fsp3) is 0.185. The summed E-state index contributed by atoms with van der Waals surface area (Å²) in [5.74, 6) is 0.242. The normalized spacial score (nSPS) is 13.7. The summed E-state index contributed by atoms with van der Waals surface area (Å²) in [4.78, 5) is 28.8. The van der Waals surface area contributed by atoms with Gasteiger partial charge in [0.2, 0.25) is 5.91 Å². The maximum Gasteiger partial charge on any atom is 0.262 e. The molecule has 0 aromatic heterocycles. The van der Waals surface area contributed by atoms with Crippen LogP contribution in [0.25, 0.3) is 6.08 Å². The van der Waals surface area contributed by atoms with Crippen LogP contribution in [-0.4, -0.2) is 49.5 Å². The number of halogens is 1. The molecule has 1 N–H and O–H groups in total. The van der Waals surface area contributed by atoms with E-state index in [2.05, 4.69) is 10.2 Å². The number of piperazine rings is 1. The molecule has 0 aliphatic carbocycles. The van der Waals surface area contributed by atoms with Crippen LogP contribution in [0.5, 0.6) is 5.75 Å². The number of nitrogens with one attached hydrogen (secondary N) is 1. The Morgan fingerprint density at radius 1 is 0.882 bits per heavy atom. The van der Waals surface area contributed by atoms with Gasteiger partial charge in [0, 0.05) is 43.6 Å². The number of benzene rings is 3. The van der Waals surface area contributed by atoms with E-state index in [0.717, 1.165) is 24.3 Å². The molecule has 3 aromatic carbocycles. The molecule has 0 radical (unpaired) electrons. The monoisotopic (exact) mass is 475 g/mol. The quantitative estimate of drug-likeness (QED) is 0.502. The van der Waals surface area contributed by atoms with Gasteiger partial charge in [-0.25, -0.2) is 0 Å². The Kier molecular flexibility index (Phi) is 7.83. The average Bonchev–Trinajstić information content (AvgIpc) is 2.88. The van der Waals surface area contributed by atoms with E-state index in [4.69, 9.17) is 16.3 Å². The molecule has 1 fully saturated rings. The smallest absolute Gasteiger partial charge is 0.262 e. The van der Waals surface area contributed by atoms with Crippen molar-refractivity contribution < 1.29 is 14.3 Å². The number of amides is 2. The van der Waals surface area contributed by atoms with Gasteiger partial charge in [-0.1, -0.05) is 54.1 Å². The highest BCUT2D eigenvalue weighted by Crippen LogP contribution is 2.23. The standard InChI is InChI=1S/C27H26ClN3O3/c28-24-8-4-5-9-25(24)34-20-26(32)29-22-11-13-23(14-12-22)30-16-18-31(19-17-30)27(33)15-10-21-6-2-1-3-7-21/h1-15H,16-20H2,(H,29,32)/b15-10-. The van der Waals surface area contributed by atoms with Crippen LogP contribution >= 0.6 is 11.6 Å². The van der Waals surface area contributed by atoms with E-state index in [1.165, 1.54) is 0 Å². The van der Waals surface area contributed by atoms with Crippen molar-refractivity contribution in [1.29, 1.82) is 0 Å². The average molecular weight is 476 g/mol. The van der Waals surface area contributed by atoms with Crippen LogP contribution in [0.4, 0.5) is 11.4 Å². The number of anilines is 2. The van der Waals surface area contributed by atoms with Crippen molar-refractivity contribution in [3.05, 3.63) is 95.5 Å². The summed E-state index contributed by atoms with van der Waals surface area (Å²) in [7, 11) is 0. The first-order chi connectivity index (χ1) is 16.6. The molecule has 6 nitrogen and oxygen atoms in total. The number of hydrogen-bond acceptors (Lipinski definition) is 4. The molecule has 0 atom stereocenters. The molecular weight excluding hydrogens is 450 g/mol. The first kappa shape index (κ1) is 23.4. The van der Waals surface area contributed by atoms with Crippen molar-refractivity contribution in [1.82, 2.24) is 4.90 Å². The second-order valence-electron chi connectivity index (χ2n) is 7.87. The Morgan fingerprint density at radius 2 is 1.56 bits per heavy atom. The summed E-state index contributed by atoms with van der Waals surface area (Å²) in [5, 5.41) is 3.29. The molecular formula is C27H26ClN3O3. The lowest BCUT2D eigenvalue weighted by atomic mass is 10.2. The van der Waals surface area contributed by atoms with Crippen LogP contribution in [0, 0.1) is 0 Å². The number of rotatable bonds is 7. The number of para-hydroxylation sites is 1. The minimum atomic E-state index is -0.261. The summed E-state index contributed by atoms with van der Waals surface area (Å²) in [6.07, 6.45) is 3.49. The molecule has 0 saturated carbocycles. The molecule has 0 unspecified atom stereocenters. The predicted molar refractivity (Wildman–Crippen MR) is 136 cm³/mol. The zero-order valence-corrected chi connectivity index (χ0v) is 19.4. The SMILES string of the molecule is O=C(COc1ccccc1Cl)Nc1ccc(N2CCN(C(=O)/C=C\c3ccccc3)CC2)cc1. The van der Waals surface area contributed by atoms with Gasteiger partial charge in [0.1, 0.15) is 5.75 Å². The van der Waals surface area contributed by atoms with E-state index >= 15 is 0 Å². The highest BCUT2D eigenvalue weighted by atomic mass is 35.5. The van der Waals surface area contributed by atoms with E-state index in [0.29, 0.717) is 29.5 Å². The van der Waals surface area contributed by atoms with Gasteiger partial charge in [-0.05, 0) is 48.0 Å². The van der Waals surface area contributed by atoms with Crippen molar-refractivity contribution in [2.45, 2.75) is 0 Å². The number of carbonyl (C=O) groups is 2. The summed E-state index contributed by atoms with van der Waals surface area (Å²) < 4.78 is 5.47. The van der Waals surface area contributed by atoms with Crippen LogP contribution in [0.1, 0.15) is 5.56 Å². The molecule has 1 aliphatic rings. The van der Waals surface area contributed by atoms with Gasteiger partial charge in [0.15, 0.2) is 6.61 Å². The molecule has 174 valence electrons. The van der Waals surface area contributed by atoms with Gasteiger partial charge in [-0.2, -0.15) is 0 Å². The Morgan fingerprint density at radius 3 is 2.26 bits per heavy atom. The molecule has 34 heavy (non-hydrogen) atoms. The molecule has 0 bridgehead atoms. The number of hydrogen-bond donors (Lipinski definition) is 1. The van der Waals surface area contributed by atoms with E-state index in [9.17, 15) is 9.59 Å². The number of carbonyl (C=O) groups excluding carboxylic acids is 2. The van der Waals surface area contributed by atoms with Gasteiger partial charge in [-0.3, -0.25) is 9.59 Å². The Bertz CT molecular complexity index is 1140. The minimum absolute atomic E-state index is 0.0283. The number of nitrogens with zero attached hydrogens (tertiary/aromatic N) is 2. The second-order valence-corrected chi connectivity index (χ2v) is 8.28. The number of ether oxygens (including phenoxy) is 1. The van der Waals surface area contributed by atoms with Crippen LogP contribution in [0.15, 0.2) is 84.9 Å². The Balaban J connectivity index is 1.23. The van der Waals surface area contributed by atoms with E-state index < -0.39 is 0 Å². The van der Waals surface area contributed by atoms with E-state index in [-0.39, 0.29) is 18.4 Å². The van der Waals surface area contributed by atoms with Gasteiger partial charge in [0.25, 0.3) is 5.91 Å². The van der Waals surface area contributed by atoms with Crippen molar-refractivity contribution >= 4 is 40.9 Å². The van der Waals surface area contributed by atoms with Gasteiger partial charge in [-0.15, -0.1) is 0 Å². The molecule has 7 heteroatoms. The van der Waals surface area contributed by atoms with Crippen molar-refractivity contribution in [3.63, 3.8) is 0 Å². The summed E-state index contributed by atoms with van der Waals surface area (Å²) in [6, 6.07) is 24.5. The molecule has 0 spiro atoms. The summed E-state index contributed by atoms with van der Waals surface area (Å²) in [6.45, 7) is 2.70. The van der Waals surface area contributed by atoms with Crippen LogP contribution in [0.3, 0.4) is 0 Å². The molecule has 1 aliphatic heterocycles. The van der Waals surface area contributed by atoms with E-state index in [1.54, 1.807) is 30.3 Å². The molecule has 1 saturated heterocycles. The second kappa shape index (κ2) is 11.4. The minimum Gasteiger partial charge on any atom is -0.482 e. The fourth-order valence-corrected chi connectivity index (χ4v) is 3.87. The maximum absolute atomic E-state index is 12.5. The van der Waals surface area contributed by atoms with E-state index in [1.807, 2.05) is 65.6 Å². The molecule has 3 aromatic rings. The van der Waals surface area contributed by atoms with Crippen molar-refractivity contribution in [3.8, 4) is 5.75 Å². The Labute approximate surface area is 204 Å². The van der Waals surface area contributed by atoms with Crippen LogP contribution < -0.4 is 15.0 Å². The zero-order valence-electron chi connectivity index (χ0n) is 18.7. The molecule has 2 amide bonds. The van der Waals surface area contributed by atoms with Crippen molar-refractivity contribution in [2.24, 2.45) is 0 Å². The third kappa shape index (κ3) is 6.39. The largest absolute Gasteiger partial charge is 0.482 e. The Hall–Kier alpha value is -3.77.